The van der Waals surface area contributed by atoms with E-state index >= 15 is 0 Å². The highest BCUT2D eigenvalue weighted by molar-refractivity contribution is 5.97. The molecule has 2 amide bonds. The molecule has 1 atom stereocenters. The number of amides is 2. The molecule has 2 aromatic carbocycles. The molecule has 0 aromatic heterocycles. The second kappa shape index (κ2) is 7.79. The van der Waals surface area contributed by atoms with Gasteiger partial charge in [0, 0.05) is 12.1 Å². The Labute approximate surface area is 158 Å². The highest BCUT2D eigenvalue weighted by Crippen LogP contribution is 2.32. The quantitative estimate of drug-likeness (QED) is 0.818. The molecule has 0 fully saturated rings. The van der Waals surface area contributed by atoms with E-state index in [9.17, 15) is 22.8 Å². The summed E-state index contributed by atoms with van der Waals surface area (Å²) < 4.78 is 48.2. The largest absolute Gasteiger partial charge is 0.454 e. The van der Waals surface area contributed by atoms with Gasteiger partial charge in [0.25, 0.3) is 5.91 Å². The van der Waals surface area contributed by atoms with E-state index in [1.165, 1.54) is 6.92 Å². The Morgan fingerprint density at radius 3 is 2.43 bits per heavy atom. The van der Waals surface area contributed by atoms with E-state index in [-0.39, 0.29) is 18.9 Å². The highest BCUT2D eigenvalue weighted by atomic mass is 19.4. The molecule has 0 bridgehead atoms. The first-order valence-corrected chi connectivity index (χ1v) is 8.38. The van der Waals surface area contributed by atoms with Gasteiger partial charge in [0.05, 0.1) is 5.56 Å². The highest BCUT2D eigenvalue weighted by Gasteiger charge is 2.30. The van der Waals surface area contributed by atoms with Crippen molar-refractivity contribution in [1.82, 2.24) is 10.6 Å². The molecule has 0 aliphatic carbocycles. The van der Waals surface area contributed by atoms with E-state index in [0.29, 0.717) is 11.5 Å². The van der Waals surface area contributed by atoms with Gasteiger partial charge >= 0.3 is 6.18 Å². The second-order valence-electron chi connectivity index (χ2n) is 6.18. The van der Waals surface area contributed by atoms with Crippen molar-refractivity contribution in [3.63, 3.8) is 0 Å². The van der Waals surface area contributed by atoms with Crippen molar-refractivity contribution in [3.05, 3.63) is 59.2 Å². The van der Waals surface area contributed by atoms with Crippen LogP contribution >= 0.6 is 0 Å². The van der Waals surface area contributed by atoms with Gasteiger partial charge < -0.3 is 20.1 Å². The number of alkyl halides is 3. The molecule has 0 unspecified atom stereocenters. The van der Waals surface area contributed by atoms with E-state index in [2.05, 4.69) is 10.6 Å². The van der Waals surface area contributed by atoms with Gasteiger partial charge in [0.15, 0.2) is 11.5 Å². The number of carbonyl (C=O) groups excluding carboxylic acids is 2. The number of hydrogen-bond acceptors (Lipinski definition) is 4. The van der Waals surface area contributed by atoms with Crippen LogP contribution in [0.4, 0.5) is 13.2 Å². The second-order valence-corrected chi connectivity index (χ2v) is 6.18. The zero-order chi connectivity index (χ0) is 20.3. The first kappa shape index (κ1) is 19.5. The lowest BCUT2D eigenvalue weighted by Gasteiger charge is -2.15. The van der Waals surface area contributed by atoms with Crippen molar-refractivity contribution in [1.29, 1.82) is 0 Å². The predicted molar refractivity (Wildman–Crippen MR) is 92.8 cm³/mol. The predicted octanol–water partition coefficient (Wildman–Crippen LogP) is 2.87. The number of rotatable bonds is 5. The van der Waals surface area contributed by atoms with Gasteiger partial charge in [-0.15, -0.1) is 0 Å². The molecule has 1 aliphatic rings. The molecule has 1 heterocycles. The van der Waals surface area contributed by atoms with Crippen LogP contribution in [-0.4, -0.2) is 24.6 Å². The summed E-state index contributed by atoms with van der Waals surface area (Å²) in [5.41, 5.74) is -0.0270. The number of benzene rings is 2. The SMILES string of the molecule is C[C@H](NC(=O)c1ccc(C(F)(F)F)cc1)C(=O)NCc1ccc2c(c1)OCO2. The van der Waals surface area contributed by atoms with E-state index < -0.39 is 29.6 Å². The van der Waals surface area contributed by atoms with Crippen molar-refractivity contribution < 1.29 is 32.2 Å². The lowest BCUT2D eigenvalue weighted by molar-refractivity contribution is -0.137. The Morgan fingerprint density at radius 1 is 1.07 bits per heavy atom. The third-order valence-corrected chi connectivity index (χ3v) is 4.12. The molecule has 148 valence electrons. The summed E-state index contributed by atoms with van der Waals surface area (Å²) >= 11 is 0. The minimum absolute atomic E-state index is 0.0309. The van der Waals surface area contributed by atoms with E-state index in [0.717, 1.165) is 29.8 Å². The number of nitrogens with one attached hydrogen (secondary N) is 2. The summed E-state index contributed by atoms with van der Waals surface area (Å²) in [6, 6.07) is 8.15. The minimum atomic E-state index is -4.48. The van der Waals surface area contributed by atoms with Crippen LogP contribution in [0.15, 0.2) is 42.5 Å². The number of ether oxygens (including phenoxy) is 2. The van der Waals surface area contributed by atoms with Crippen molar-refractivity contribution in [2.45, 2.75) is 25.7 Å². The lowest BCUT2D eigenvalue weighted by atomic mass is 10.1. The smallest absolute Gasteiger partial charge is 0.416 e. The maximum atomic E-state index is 12.6. The maximum Gasteiger partial charge on any atom is 0.416 e. The topological polar surface area (TPSA) is 76.7 Å². The molecular formula is C19H17F3N2O4. The van der Waals surface area contributed by atoms with Gasteiger partial charge in [0.1, 0.15) is 6.04 Å². The van der Waals surface area contributed by atoms with Crippen molar-refractivity contribution in [2.24, 2.45) is 0 Å². The summed E-state index contributed by atoms with van der Waals surface area (Å²) in [4.78, 5) is 24.3. The Bertz CT molecular complexity index is 882. The lowest BCUT2D eigenvalue weighted by Crippen LogP contribution is -2.44. The number of halogens is 3. The molecule has 3 rings (SSSR count). The fourth-order valence-corrected chi connectivity index (χ4v) is 2.55. The maximum absolute atomic E-state index is 12.6. The van der Waals surface area contributed by atoms with Crippen LogP contribution in [0.1, 0.15) is 28.4 Å². The van der Waals surface area contributed by atoms with Crippen LogP contribution in [0.5, 0.6) is 11.5 Å². The van der Waals surface area contributed by atoms with Crippen LogP contribution in [-0.2, 0) is 17.5 Å². The summed E-state index contributed by atoms with van der Waals surface area (Å²) in [7, 11) is 0. The standard InChI is InChI=1S/C19H17F3N2O4/c1-11(24-18(26)13-3-5-14(6-4-13)19(20,21)22)17(25)23-9-12-2-7-15-16(8-12)28-10-27-15/h2-8,11H,9-10H2,1H3,(H,23,25)(H,24,26)/t11-/m0/s1. The Morgan fingerprint density at radius 2 is 1.75 bits per heavy atom. The molecular weight excluding hydrogens is 377 g/mol. The molecule has 28 heavy (non-hydrogen) atoms. The summed E-state index contributed by atoms with van der Waals surface area (Å²) in [6.07, 6.45) is -4.48. The molecule has 2 N–H and O–H groups in total. The molecule has 0 spiro atoms. The van der Waals surface area contributed by atoms with Crippen molar-refractivity contribution in [3.8, 4) is 11.5 Å². The van der Waals surface area contributed by atoms with Gasteiger partial charge in [-0.3, -0.25) is 9.59 Å². The van der Waals surface area contributed by atoms with Crippen molar-refractivity contribution >= 4 is 11.8 Å². The van der Waals surface area contributed by atoms with Crippen LogP contribution in [0.3, 0.4) is 0 Å². The van der Waals surface area contributed by atoms with E-state index in [1.54, 1.807) is 18.2 Å². The molecule has 2 aromatic rings. The van der Waals surface area contributed by atoms with Crippen molar-refractivity contribution in [2.75, 3.05) is 6.79 Å². The average Bonchev–Trinajstić information content (AvgIpc) is 3.13. The normalized spacial score (nSPS) is 13.7. The fraction of sp³-hybridized carbons (Fsp3) is 0.263. The monoisotopic (exact) mass is 394 g/mol. The van der Waals surface area contributed by atoms with Crippen LogP contribution in [0, 0.1) is 0 Å². The third-order valence-electron chi connectivity index (χ3n) is 4.12. The Balaban J connectivity index is 1.52. The molecule has 0 saturated carbocycles. The van der Waals surface area contributed by atoms with Gasteiger partial charge in [-0.05, 0) is 48.9 Å². The summed E-state index contributed by atoms with van der Waals surface area (Å²) in [5.74, 6) is 0.153. The van der Waals surface area contributed by atoms with Gasteiger partial charge in [-0.1, -0.05) is 6.07 Å². The summed E-state index contributed by atoms with van der Waals surface area (Å²) in [5, 5.41) is 5.13. The number of hydrogen-bond donors (Lipinski definition) is 2. The fourth-order valence-electron chi connectivity index (χ4n) is 2.55. The number of carbonyl (C=O) groups is 2. The first-order valence-electron chi connectivity index (χ1n) is 8.38. The van der Waals surface area contributed by atoms with Gasteiger partial charge in [-0.2, -0.15) is 13.2 Å². The summed E-state index contributed by atoms with van der Waals surface area (Å²) in [6.45, 7) is 1.85. The Hall–Kier alpha value is -3.23. The van der Waals surface area contributed by atoms with E-state index in [4.69, 9.17) is 9.47 Å². The zero-order valence-electron chi connectivity index (χ0n) is 14.8. The molecule has 0 saturated heterocycles. The van der Waals surface area contributed by atoms with Crippen LogP contribution in [0.2, 0.25) is 0 Å². The molecule has 0 radical (unpaired) electrons. The first-order chi connectivity index (χ1) is 13.2. The third kappa shape index (κ3) is 4.54. The zero-order valence-corrected chi connectivity index (χ0v) is 14.8. The average molecular weight is 394 g/mol. The minimum Gasteiger partial charge on any atom is -0.454 e. The Kier molecular flexibility index (Phi) is 5.43. The molecule has 1 aliphatic heterocycles. The van der Waals surface area contributed by atoms with Gasteiger partial charge in [-0.25, -0.2) is 0 Å². The number of fused-ring (bicyclic) bond motifs is 1. The van der Waals surface area contributed by atoms with Crippen LogP contribution < -0.4 is 20.1 Å². The van der Waals surface area contributed by atoms with Crippen LogP contribution in [0.25, 0.3) is 0 Å². The van der Waals surface area contributed by atoms with Gasteiger partial charge in [0.2, 0.25) is 12.7 Å². The molecule has 6 nitrogen and oxygen atoms in total. The molecule has 9 heteroatoms. The van der Waals surface area contributed by atoms with E-state index in [1.807, 2.05) is 0 Å².